The van der Waals surface area contributed by atoms with E-state index >= 15 is 0 Å². The van der Waals surface area contributed by atoms with Crippen LogP contribution < -0.4 is 0 Å². The molecule has 0 saturated heterocycles. The first-order valence-electron chi connectivity index (χ1n) is 16.6. The van der Waals surface area contributed by atoms with E-state index in [1.54, 1.807) is 0 Å². The Balaban J connectivity index is 1.22. The van der Waals surface area contributed by atoms with Gasteiger partial charge in [0.2, 0.25) is 0 Å². The molecule has 0 N–H and O–H groups in total. The summed E-state index contributed by atoms with van der Waals surface area (Å²) in [6.07, 6.45) is 2.05. The number of para-hydroxylation sites is 4. The second-order valence-corrected chi connectivity index (χ2v) is 13.9. The summed E-state index contributed by atoms with van der Waals surface area (Å²) in [6.45, 7) is 0. The van der Waals surface area contributed by atoms with Crippen LogP contribution in [0, 0.1) is 0 Å². The van der Waals surface area contributed by atoms with E-state index in [0.29, 0.717) is 0 Å². The third-order valence-corrected chi connectivity index (χ3v) is 11.3. The molecule has 0 aliphatic heterocycles. The van der Waals surface area contributed by atoms with Crippen molar-refractivity contribution >= 4 is 86.0 Å². The topological polar surface area (TPSA) is 22.8 Å². The summed E-state index contributed by atoms with van der Waals surface area (Å²) >= 11 is 1.83. The number of fused-ring (bicyclic) bond motifs is 11. The molecule has 11 aromatic rings. The second kappa shape index (κ2) is 10.1. The minimum atomic E-state index is 1.09. The fourth-order valence-corrected chi connectivity index (χ4v) is 9.15. The van der Waals surface area contributed by atoms with Crippen molar-refractivity contribution in [2.75, 3.05) is 0 Å². The minimum Gasteiger partial charge on any atom is -0.309 e. The molecule has 0 radical (unpaired) electrons. The highest BCUT2D eigenvalue weighted by atomic mass is 32.1. The van der Waals surface area contributed by atoms with Gasteiger partial charge in [-0.2, -0.15) is 0 Å². The molecule has 0 spiro atoms. The van der Waals surface area contributed by atoms with Gasteiger partial charge in [-0.3, -0.25) is 4.98 Å². The molecule has 0 atom stereocenters. The van der Waals surface area contributed by atoms with Gasteiger partial charge in [-0.1, -0.05) is 103 Å². The molecule has 0 bridgehead atoms. The lowest BCUT2D eigenvalue weighted by Crippen LogP contribution is -2.00. The van der Waals surface area contributed by atoms with Crippen LogP contribution >= 0.6 is 11.3 Å². The zero-order valence-corrected chi connectivity index (χ0v) is 27.2. The molecule has 3 nitrogen and oxygen atoms in total. The molecule has 0 unspecified atom stereocenters. The predicted octanol–water partition coefficient (Wildman–Crippen LogP) is 12.5. The summed E-state index contributed by atoms with van der Waals surface area (Å²) in [7, 11) is 0. The predicted molar refractivity (Wildman–Crippen MR) is 209 cm³/mol. The van der Waals surface area contributed by atoms with Crippen LogP contribution in [0.5, 0.6) is 0 Å². The molecule has 49 heavy (non-hydrogen) atoms. The quantitative estimate of drug-likeness (QED) is 0.188. The Morgan fingerprint density at radius 2 is 0.898 bits per heavy atom. The van der Waals surface area contributed by atoms with Crippen molar-refractivity contribution < 1.29 is 0 Å². The molecule has 0 aliphatic rings. The number of benzene rings is 7. The maximum Gasteiger partial charge on any atom is 0.0894 e. The number of hydrogen-bond donors (Lipinski definition) is 0. The number of aromatic nitrogens is 3. The lowest BCUT2D eigenvalue weighted by molar-refractivity contribution is 1.13. The number of nitrogens with zero attached hydrogens (tertiary/aromatic N) is 3. The Morgan fingerprint density at radius 3 is 1.45 bits per heavy atom. The molecule has 11 rings (SSSR count). The third kappa shape index (κ3) is 3.86. The zero-order valence-electron chi connectivity index (χ0n) is 26.3. The van der Waals surface area contributed by atoms with Crippen LogP contribution in [-0.4, -0.2) is 14.1 Å². The number of rotatable bonds is 3. The maximum atomic E-state index is 4.99. The van der Waals surface area contributed by atoms with Gasteiger partial charge in [0, 0.05) is 60.0 Å². The van der Waals surface area contributed by atoms with E-state index in [1.165, 1.54) is 69.3 Å². The second-order valence-electron chi connectivity index (χ2n) is 12.8. The summed E-state index contributed by atoms with van der Waals surface area (Å²) in [5.74, 6) is 0. The lowest BCUT2D eigenvalue weighted by Gasteiger charge is -2.16. The third-order valence-electron chi connectivity index (χ3n) is 10.1. The van der Waals surface area contributed by atoms with Crippen LogP contribution in [0.15, 0.2) is 164 Å². The van der Waals surface area contributed by atoms with Crippen LogP contribution in [0.1, 0.15) is 0 Å². The fourth-order valence-electron chi connectivity index (χ4n) is 7.95. The van der Waals surface area contributed by atoms with Crippen LogP contribution in [0.4, 0.5) is 0 Å². The van der Waals surface area contributed by atoms with E-state index in [0.717, 1.165) is 27.8 Å². The Morgan fingerprint density at radius 1 is 0.408 bits per heavy atom. The number of hydrogen-bond acceptors (Lipinski definition) is 2. The van der Waals surface area contributed by atoms with Crippen LogP contribution in [0.25, 0.3) is 97.2 Å². The van der Waals surface area contributed by atoms with Crippen molar-refractivity contribution in [3.63, 3.8) is 0 Å². The number of thiophene rings is 1. The highest BCUT2D eigenvalue weighted by Crippen LogP contribution is 2.40. The van der Waals surface area contributed by atoms with Crippen LogP contribution in [0.2, 0.25) is 0 Å². The van der Waals surface area contributed by atoms with E-state index in [9.17, 15) is 0 Å². The molecule has 0 aliphatic carbocycles. The van der Waals surface area contributed by atoms with Gasteiger partial charge < -0.3 is 9.13 Å². The molecule has 4 heterocycles. The summed E-state index contributed by atoms with van der Waals surface area (Å²) < 4.78 is 7.37. The van der Waals surface area contributed by atoms with Gasteiger partial charge >= 0.3 is 0 Å². The van der Waals surface area contributed by atoms with Crippen LogP contribution in [-0.2, 0) is 0 Å². The van der Waals surface area contributed by atoms with Gasteiger partial charge in [-0.05, 0) is 65.7 Å². The summed E-state index contributed by atoms with van der Waals surface area (Å²) in [4.78, 5) is 4.99. The van der Waals surface area contributed by atoms with Crippen molar-refractivity contribution in [1.82, 2.24) is 14.1 Å². The maximum absolute atomic E-state index is 4.99. The summed E-state index contributed by atoms with van der Waals surface area (Å²) in [5, 5.41) is 8.64. The Bertz CT molecular complexity index is 2880. The molecular formula is C45H27N3S. The molecule has 0 amide bonds. The fraction of sp³-hybridized carbons (Fsp3) is 0. The molecular weight excluding hydrogens is 615 g/mol. The Labute approximate surface area is 285 Å². The Kier molecular flexibility index (Phi) is 5.54. The van der Waals surface area contributed by atoms with E-state index in [1.807, 2.05) is 17.5 Å². The lowest BCUT2D eigenvalue weighted by atomic mass is 10.0. The zero-order chi connectivity index (χ0) is 32.1. The molecule has 0 saturated carbocycles. The van der Waals surface area contributed by atoms with Gasteiger partial charge in [0.25, 0.3) is 0 Å². The van der Waals surface area contributed by atoms with Gasteiger partial charge in [-0.15, -0.1) is 11.3 Å². The van der Waals surface area contributed by atoms with E-state index < -0.39 is 0 Å². The first kappa shape index (κ1) is 26.8. The van der Waals surface area contributed by atoms with Gasteiger partial charge in [0.1, 0.15) is 0 Å². The average molecular weight is 642 g/mol. The summed E-state index contributed by atoms with van der Waals surface area (Å²) in [5.41, 5.74) is 10.5. The standard InChI is InChI=1S/C45H27N3S/c1-6-16-39-34(11-1)35-12-2-7-17-40(35)47(39)31-24-29(25-32(26-31)48-41-18-8-3-13-36(41)37-14-4-9-19-42(37)48)28-21-22-33-30(23-28)27-46-44-38-15-5-10-20-43(38)49-45(33)44/h1-27H. The molecule has 228 valence electrons. The molecule has 0 fully saturated rings. The monoisotopic (exact) mass is 641 g/mol. The van der Waals surface area contributed by atoms with Crippen molar-refractivity contribution in [3.8, 4) is 22.5 Å². The largest absolute Gasteiger partial charge is 0.309 e. The average Bonchev–Trinajstić information content (AvgIpc) is 3.82. The first-order chi connectivity index (χ1) is 24.3. The normalized spacial score (nSPS) is 12.1. The van der Waals surface area contributed by atoms with Gasteiger partial charge in [0.15, 0.2) is 0 Å². The van der Waals surface area contributed by atoms with Crippen molar-refractivity contribution in [3.05, 3.63) is 164 Å². The molecule has 7 aromatic carbocycles. The van der Waals surface area contributed by atoms with E-state index in [4.69, 9.17) is 4.98 Å². The van der Waals surface area contributed by atoms with Crippen molar-refractivity contribution in [1.29, 1.82) is 0 Å². The SMILES string of the molecule is c1ccc2c(c1)sc1c3ccc(-c4cc(-n5c6ccccc6c6ccccc65)cc(-n5c6ccccc6c6ccccc65)c4)cc3cnc21. The molecule has 4 aromatic heterocycles. The Hall–Kier alpha value is -6.23. The summed E-state index contributed by atoms with van der Waals surface area (Å²) in [6, 6.07) is 57.5. The van der Waals surface area contributed by atoms with E-state index in [2.05, 4.69) is 167 Å². The minimum absolute atomic E-state index is 1.09. The van der Waals surface area contributed by atoms with Crippen LogP contribution in [0.3, 0.4) is 0 Å². The van der Waals surface area contributed by atoms with Crippen molar-refractivity contribution in [2.24, 2.45) is 0 Å². The first-order valence-corrected chi connectivity index (χ1v) is 17.4. The highest BCUT2D eigenvalue weighted by molar-refractivity contribution is 7.26. The molecule has 4 heteroatoms. The van der Waals surface area contributed by atoms with Gasteiger partial charge in [0.05, 0.1) is 32.3 Å². The van der Waals surface area contributed by atoms with Gasteiger partial charge in [-0.25, -0.2) is 0 Å². The van der Waals surface area contributed by atoms with Crippen molar-refractivity contribution in [2.45, 2.75) is 0 Å². The van der Waals surface area contributed by atoms with E-state index in [-0.39, 0.29) is 0 Å². The highest BCUT2D eigenvalue weighted by Gasteiger charge is 2.18. The number of pyridine rings is 1. The smallest absolute Gasteiger partial charge is 0.0894 e.